The van der Waals surface area contributed by atoms with Crippen LogP contribution in [0.3, 0.4) is 0 Å². The molecule has 7 fully saturated rings. The molecular formula is C51H88O56S14. The summed E-state index contributed by atoms with van der Waals surface area (Å²) in [5.74, 6) is -6.82. The lowest BCUT2D eigenvalue weighted by atomic mass is 10.2. The van der Waals surface area contributed by atoms with Crippen LogP contribution in [0.2, 0.25) is 0 Å². The normalized spacial score (nSPS) is 27.1. The number of hydrogen-bond acceptors (Lipinski definition) is 56. The molecule has 0 aromatic carbocycles. The molecule has 0 radical (unpaired) electrons. The van der Waals surface area contributed by atoms with Crippen LogP contribution in [-0.2, 0) is 267 Å². The van der Waals surface area contributed by atoms with Gasteiger partial charge in [-0.1, -0.05) is 53.4 Å². The molecule has 0 amide bonds. The van der Waals surface area contributed by atoms with Crippen LogP contribution in [0.25, 0.3) is 0 Å². The van der Waals surface area contributed by atoms with E-state index in [1.54, 1.807) is 34.6 Å². The van der Waals surface area contributed by atoms with E-state index in [0.29, 0.717) is 25.7 Å². The second-order valence-corrected chi connectivity index (χ2v) is 49.3. The number of carbonyl (C=O) groups is 7. The van der Waals surface area contributed by atoms with E-state index in [-0.39, 0.29) is 26.4 Å². The quantitative estimate of drug-likeness (QED) is 0.0446. The smallest absolute Gasteiger partial charge is 0.339 e. The zero-order valence-electron chi connectivity index (χ0n) is 64.7. The van der Waals surface area contributed by atoms with Crippen LogP contribution >= 0.6 is 0 Å². The van der Waals surface area contributed by atoms with E-state index in [4.69, 9.17) is 18.9 Å². The first-order chi connectivity index (χ1) is 55.0. The second kappa shape index (κ2) is 49.4. The Bertz CT molecular complexity index is 5220. The maximum atomic E-state index is 11.6. The molecule has 0 saturated carbocycles. The standard InChI is InChI=1S/C10H18O8S2.2C8H14O8S2.2C7H12O8S2.C6H10O8S2.C5H8O8S2/c1-2-3-4-5-6-16-10(11)9-7-17-19(12,13)8-20(14,15)18-9;1-3-6(2)15-8(9)7-4-14-17(10,11)5-18(12,13)16-7;1-2-3-4-14-8(9)7-5-15-17(10,11)6-18(12,13)16-7;1-5(2)14-7(8)6-3-13-16(9,10)4-17(11,12)15-6;1-2-3-13-7(8)6-4-14-16(9,10)5-17(11,12)15-6;1-2-12-6(7)5-3-13-15(8,9)4-16(10,11)14-5;1-11-5(6)4-2-12-14(7,8)3-15(9,10)13-4/h9H,2-8H2,1H3;6-7H,3-5H2,1-2H3;7H,2-6H2,1H3;5-6H,3-4H2,1-2H3;6H,2-5H2,1H3;5H,2-4H2,1H3;4H,2-3H2,1H3. The average molecular weight is 2050 g/mol. The van der Waals surface area contributed by atoms with Crippen molar-refractivity contribution in [3.8, 4) is 0 Å². The summed E-state index contributed by atoms with van der Waals surface area (Å²) in [6.07, 6.45) is -5.94. The highest BCUT2D eigenvalue weighted by atomic mass is 32.3. The fourth-order valence-corrected chi connectivity index (χ4v) is 26.6. The highest BCUT2D eigenvalue weighted by molar-refractivity contribution is 8.06. The van der Waals surface area contributed by atoms with Gasteiger partial charge in [-0.25, -0.2) is 33.6 Å². The van der Waals surface area contributed by atoms with E-state index in [1.165, 1.54) is 6.92 Å². The molecule has 7 aliphatic rings. The van der Waals surface area contributed by atoms with Crippen LogP contribution in [0.15, 0.2) is 0 Å². The molecule has 70 heteroatoms. The van der Waals surface area contributed by atoms with Gasteiger partial charge in [-0.05, 0) is 53.4 Å². The van der Waals surface area contributed by atoms with Crippen LogP contribution in [0.1, 0.15) is 107 Å². The minimum atomic E-state index is -4.38. The van der Waals surface area contributed by atoms with Gasteiger partial charge in [0.2, 0.25) is 35.6 Å². The molecule has 121 heavy (non-hydrogen) atoms. The molecule has 0 bridgehead atoms. The maximum Gasteiger partial charge on any atom is 0.339 e. The van der Waals surface area contributed by atoms with E-state index < -0.39 is 320 Å². The lowest BCUT2D eigenvalue weighted by Crippen LogP contribution is -2.33. The lowest BCUT2D eigenvalue weighted by Gasteiger charge is -2.15. The van der Waals surface area contributed by atoms with Crippen molar-refractivity contribution in [1.82, 2.24) is 0 Å². The molecule has 7 aliphatic heterocycles. The molecule has 0 aliphatic carbocycles. The van der Waals surface area contributed by atoms with E-state index in [1.807, 2.05) is 13.8 Å². The van der Waals surface area contributed by atoms with E-state index in [9.17, 15) is 151 Å². The molecule has 56 nitrogen and oxygen atoms in total. The van der Waals surface area contributed by atoms with Gasteiger partial charge >= 0.3 is 41.8 Å². The Hall–Kier alpha value is -4.97. The summed E-state index contributed by atoms with van der Waals surface area (Å²) in [5.41, 5.74) is 0. The van der Waals surface area contributed by atoms with Gasteiger partial charge in [0.25, 0.3) is 142 Å². The van der Waals surface area contributed by atoms with Gasteiger partial charge in [-0.2, -0.15) is 118 Å². The molecular weight excluding hydrogens is 1960 g/mol. The number of methoxy groups -OCH3 is 1. The Balaban J connectivity index is 0.000000707. The molecule has 0 spiro atoms. The molecule has 7 heterocycles. The van der Waals surface area contributed by atoms with Crippen molar-refractivity contribution < 1.29 is 243 Å². The van der Waals surface area contributed by atoms with Crippen molar-refractivity contribution in [2.24, 2.45) is 0 Å². The predicted octanol–water partition coefficient (Wildman–Crippen LogP) is -6.42. The van der Waals surface area contributed by atoms with Gasteiger partial charge in [0.1, 0.15) is 46.2 Å². The van der Waals surface area contributed by atoms with Gasteiger partial charge in [0, 0.05) is 0 Å². The van der Waals surface area contributed by atoms with Crippen LogP contribution in [0.5, 0.6) is 0 Å². The average Bonchev–Trinajstić information content (AvgIpc) is 1.77. The zero-order chi connectivity index (χ0) is 93.5. The molecule has 0 aromatic heterocycles. The van der Waals surface area contributed by atoms with Crippen molar-refractivity contribution in [2.45, 2.75) is 162 Å². The summed E-state index contributed by atoms with van der Waals surface area (Å²) < 4.78 is 405. The maximum absolute atomic E-state index is 11.6. The van der Waals surface area contributed by atoms with Gasteiger partial charge in [0.15, 0.2) is 42.7 Å². The predicted molar refractivity (Wildman–Crippen MR) is 393 cm³/mol. The zero-order valence-corrected chi connectivity index (χ0v) is 76.1. The fourth-order valence-electron chi connectivity index (χ4n) is 7.55. The molecule has 712 valence electrons. The van der Waals surface area contributed by atoms with Crippen LogP contribution in [-0.4, -0.2) is 330 Å². The summed E-state index contributed by atoms with van der Waals surface area (Å²) in [6, 6.07) is 0. The van der Waals surface area contributed by atoms with Crippen molar-refractivity contribution in [2.75, 3.05) is 115 Å². The Morgan fingerprint density at radius 1 is 0.264 bits per heavy atom. The molecule has 7 saturated heterocycles. The van der Waals surface area contributed by atoms with Crippen molar-refractivity contribution in [1.29, 1.82) is 0 Å². The number of unbranched alkanes of at least 4 members (excludes halogenated alkanes) is 4. The Labute approximate surface area is 698 Å². The van der Waals surface area contributed by atoms with Gasteiger partial charge in [-0.3, -0.25) is 58.6 Å². The summed E-state index contributed by atoms with van der Waals surface area (Å²) in [6.45, 7) is 9.07. The Kier molecular flexibility index (Phi) is 46.5. The topological polar surface area (TPSA) is 791 Å². The van der Waals surface area contributed by atoms with Crippen molar-refractivity contribution >= 4 is 183 Å². The molecule has 0 N–H and O–H groups in total. The first-order valence-electron chi connectivity index (χ1n) is 33.7. The Morgan fingerprint density at radius 2 is 0.488 bits per heavy atom. The third-order valence-corrected chi connectivity index (χ3v) is 36.0. The number of hydrogen-bond donors (Lipinski definition) is 0. The SMILES string of the molecule is CC(C)OC(=O)C1COS(=O)(=O)CS(=O)(=O)O1.CCC(C)OC(=O)C1COS(=O)(=O)CS(=O)(=O)O1.CCCCCCOC(=O)C1COS(=O)(=O)CS(=O)(=O)O1.CCCCOC(=O)C1COS(=O)(=O)CS(=O)(=O)O1.CCCOC(=O)C1COS(=O)(=O)CS(=O)(=O)O1.CCOC(=O)C1COS(=O)(=O)CS(=O)(=O)O1.COC(=O)C1COS(=O)(=O)CS(=O)(=O)O1. The third kappa shape index (κ3) is 49.1. The van der Waals surface area contributed by atoms with Crippen LogP contribution in [0.4, 0.5) is 0 Å². The minimum absolute atomic E-state index is 0.0193. The fraction of sp³-hybridized carbons (Fsp3) is 0.863. The highest BCUT2D eigenvalue weighted by Gasteiger charge is 2.44. The minimum Gasteiger partial charge on any atom is -0.467 e. The molecule has 7 rings (SSSR count). The molecule has 8 unspecified atom stereocenters. The highest BCUT2D eigenvalue weighted by Crippen LogP contribution is 2.22. The molecule has 0 aromatic rings. The number of rotatable bonds is 21. The first kappa shape index (κ1) is 114. The largest absolute Gasteiger partial charge is 0.467 e. The van der Waals surface area contributed by atoms with Gasteiger partial charge in [-0.15, -0.1) is 0 Å². The number of ether oxygens (including phenoxy) is 7. The van der Waals surface area contributed by atoms with E-state index in [0.717, 1.165) is 32.8 Å². The van der Waals surface area contributed by atoms with Gasteiger partial charge < -0.3 is 33.2 Å². The van der Waals surface area contributed by atoms with E-state index >= 15 is 0 Å². The number of esters is 7. The number of carbonyl (C=O) groups excluding carboxylic acids is 7. The summed E-state index contributed by atoms with van der Waals surface area (Å²) in [7, 11) is -59.2. The van der Waals surface area contributed by atoms with Crippen LogP contribution in [0, 0.1) is 0 Å². The van der Waals surface area contributed by atoms with Crippen molar-refractivity contribution in [3.63, 3.8) is 0 Å². The lowest BCUT2D eigenvalue weighted by molar-refractivity contribution is -0.158. The van der Waals surface area contributed by atoms with Crippen molar-refractivity contribution in [3.05, 3.63) is 0 Å². The van der Waals surface area contributed by atoms with E-state index in [2.05, 4.69) is 72.8 Å². The monoisotopic (exact) mass is 2040 g/mol. The first-order valence-corrected chi connectivity index (χ1v) is 55.7. The summed E-state index contributed by atoms with van der Waals surface area (Å²) in [5, 5.41) is -9.17. The Morgan fingerprint density at radius 3 is 0.711 bits per heavy atom. The molecule has 8 atom stereocenters. The summed E-state index contributed by atoms with van der Waals surface area (Å²) >= 11 is 0. The second-order valence-electron chi connectivity index (χ2n) is 24.1. The third-order valence-electron chi connectivity index (χ3n) is 12.7. The van der Waals surface area contributed by atoms with Crippen LogP contribution < -0.4 is 0 Å². The summed E-state index contributed by atoms with van der Waals surface area (Å²) in [4.78, 5) is 79.4. The van der Waals surface area contributed by atoms with Gasteiger partial charge in [0.05, 0.1) is 45.7 Å².